The molecule has 0 aliphatic rings. The summed E-state index contributed by atoms with van der Waals surface area (Å²) in [6.45, 7) is 5.88. The Bertz CT molecular complexity index is 125. The Morgan fingerprint density at radius 2 is 1.67 bits per heavy atom. The van der Waals surface area contributed by atoms with Crippen LogP contribution in [0.2, 0.25) is 0 Å². The van der Waals surface area contributed by atoms with Gasteiger partial charge in [-0.3, -0.25) is 4.90 Å². The molecule has 15 heavy (non-hydrogen) atoms. The number of hydrogen-bond donors (Lipinski definition) is 1. The average Bonchev–Trinajstić information content (AvgIpc) is 2.22. The maximum atomic E-state index is 9.69. The fourth-order valence-electron chi connectivity index (χ4n) is 1.46. The number of hydrogen-bond acceptors (Lipinski definition) is 4. The first kappa shape index (κ1) is 14.8. The van der Waals surface area contributed by atoms with Crippen LogP contribution in [-0.4, -0.2) is 63.2 Å². The standard InChI is InChI=1S/C11H25NO3/c1-4-5-11(13)10-12(6-8-14-2)7-9-15-3/h11,13H,4-10H2,1-3H3. The first-order chi connectivity index (χ1) is 7.24. The van der Waals surface area contributed by atoms with Crippen molar-refractivity contribution in [1.29, 1.82) is 0 Å². The van der Waals surface area contributed by atoms with Crippen molar-refractivity contribution < 1.29 is 14.6 Å². The molecule has 0 amide bonds. The summed E-state index contributed by atoms with van der Waals surface area (Å²) >= 11 is 0. The second-order valence-electron chi connectivity index (χ2n) is 3.73. The van der Waals surface area contributed by atoms with Gasteiger partial charge in [0.25, 0.3) is 0 Å². The van der Waals surface area contributed by atoms with Crippen LogP contribution in [0.4, 0.5) is 0 Å². The van der Waals surface area contributed by atoms with Gasteiger partial charge in [0.05, 0.1) is 19.3 Å². The molecule has 0 radical (unpaired) electrons. The smallest absolute Gasteiger partial charge is 0.0667 e. The van der Waals surface area contributed by atoms with Crippen molar-refractivity contribution in [2.75, 3.05) is 47.1 Å². The minimum Gasteiger partial charge on any atom is -0.392 e. The van der Waals surface area contributed by atoms with Gasteiger partial charge >= 0.3 is 0 Å². The van der Waals surface area contributed by atoms with Gasteiger partial charge in [-0.1, -0.05) is 13.3 Å². The van der Waals surface area contributed by atoms with Crippen molar-refractivity contribution >= 4 is 0 Å². The van der Waals surface area contributed by atoms with Gasteiger partial charge < -0.3 is 14.6 Å². The number of ether oxygens (including phenoxy) is 2. The molecular formula is C11H25NO3. The van der Waals surface area contributed by atoms with Crippen molar-refractivity contribution in [3.05, 3.63) is 0 Å². The highest BCUT2D eigenvalue weighted by atomic mass is 16.5. The topological polar surface area (TPSA) is 41.9 Å². The summed E-state index contributed by atoms with van der Waals surface area (Å²) in [5.74, 6) is 0. The van der Waals surface area contributed by atoms with E-state index in [-0.39, 0.29) is 6.10 Å². The number of rotatable bonds is 10. The number of methoxy groups -OCH3 is 2. The van der Waals surface area contributed by atoms with Gasteiger partial charge in [-0.25, -0.2) is 0 Å². The lowest BCUT2D eigenvalue weighted by Crippen LogP contribution is -2.37. The first-order valence-electron chi connectivity index (χ1n) is 5.62. The van der Waals surface area contributed by atoms with Crippen LogP contribution in [0.5, 0.6) is 0 Å². The molecule has 0 saturated heterocycles. The van der Waals surface area contributed by atoms with E-state index in [1.54, 1.807) is 14.2 Å². The minimum absolute atomic E-state index is 0.233. The van der Waals surface area contributed by atoms with E-state index in [0.29, 0.717) is 19.8 Å². The highest BCUT2D eigenvalue weighted by Gasteiger charge is 2.10. The Morgan fingerprint density at radius 3 is 2.07 bits per heavy atom. The van der Waals surface area contributed by atoms with Gasteiger partial charge in [-0.2, -0.15) is 0 Å². The van der Waals surface area contributed by atoms with E-state index in [2.05, 4.69) is 11.8 Å². The van der Waals surface area contributed by atoms with E-state index in [0.717, 1.165) is 25.9 Å². The fraction of sp³-hybridized carbons (Fsp3) is 1.00. The Kier molecular flexibility index (Phi) is 10.3. The number of aliphatic hydroxyl groups excluding tert-OH is 1. The van der Waals surface area contributed by atoms with Crippen molar-refractivity contribution in [1.82, 2.24) is 4.90 Å². The van der Waals surface area contributed by atoms with E-state index in [4.69, 9.17) is 9.47 Å². The molecule has 1 atom stereocenters. The van der Waals surface area contributed by atoms with Crippen LogP contribution in [0.25, 0.3) is 0 Å². The molecule has 0 aromatic rings. The summed E-state index contributed by atoms with van der Waals surface area (Å²) in [4.78, 5) is 2.17. The highest BCUT2D eigenvalue weighted by molar-refractivity contribution is 4.64. The lowest BCUT2D eigenvalue weighted by atomic mass is 10.2. The van der Waals surface area contributed by atoms with Crippen LogP contribution in [0.3, 0.4) is 0 Å². The van der Waals surface area contributed by atoms with Crippen molar-refractivity contribution in [2.45, 2.75) is 25.9 Å². The molecule has 0 aromatic heterocycles. The molecule has 0 rings (SSSR count). The van der Waals surface area contributed by atoms with E-state index in [9.17, 15) is 5.11 Å². The fourth-order valence-corrected chi connectivity index (χ4v) is 1.46. The minimum atomic E-state index is -0.233. The van der Waals surface area contributed by atoms with Gasteiger partial charge in [0.2, 0.25) is 0 Å². The second kappa shape index (κ2) is 10.4. The molecule has 0 spiro atoms. The predicted molar refractivity (Wildman–Crippen MR) is 61.1 cm³/mol. The molecule has 0 aliphatic heterocycles. The summed E-state index contributed by atoms with van der Waals surface area (Å²) in [6.07, 6.45) is 1.64. The molecule has 4 nitrogen and oxygen atoms in total. The van der Waals surface area contributed by atoms with Gasteiger partial charge in [0, 0.05) is 33.9 Å². The predicted octanol–water partition coefficient (Wildman–Crippen LogP) is 0.742. The van der Waals surface area contributed by atoms with Crippen LogP contribution in [0.15, 0.2) is 0 Å². The van der Waals surface area contributed by atoms with E-state index in [1.807, 2.05) is 0 Å². The van der Waals surface area contributed by atoms with Gasteiger partial charge in [-0.05, 0) is 6.42 Å². The monoisotopic (exact) mass is 219 g/mol. The SMILES string of the molecule is CCCC(O)CN(CCOC)CCOC. The Hall–Kier alpha value is -0.160. The summed E-state index contributed by atoms with van der Waals surface area (Å²) in [7, 11) is 3.38. The summed E-state index contributed by atoms with van der Waals surface area (Å²) in [6, 6.07) is 0. The molecule has 0 heterocycles. The summed E-state index contributed by atoms with van der Waals surface area (Å²) in [5, 5.41) is 9.69. The maximum Gasteiger partial charge on any atom is 0.0667 e. The first-order valence-corrected chi connectivity index (χ1v) is 5.62. The third kappa shape index (κ3) is 8.81. The van der Waals surface area contributed by atoms with Crippen molar-refractivity contribution in [2.24, 2.45) is 0 Å². The number of nitrogens with zero attached hydrogens (tertiary/aromatic N) is 1. The third-order valence-electron chi connectivity index (χ3n) is 2.31. The lowest BCUT2D eigenvalue weighted by molar-refractivity contribution is 0.0661. The lowest BCUT2D eigenvalue weighted by Gasteiger charge is -2.24. The molecule has 0 fully saturated rings. The van der Waals surface area contributed by atoms with Crippen LogP contribution >= 0.6 is 0 Å². The normalized spacial score (nSPS) is 13.4. The van der Waals surface area contributed by atoms with Crippen LogP contribution < -0.4 is 0 Å². The van der Waals surface area contributed by atoms with Crippen molar-refractivity contribution in [3.8, 4) is 0 Å². The molecule has 1 N–H and O–H groups in total. The van der Waals surface area contributed by atoms with Gasteiger partial charge in [0.15, 0.2) is 0 Å². The molecule has 0 saturated carbocycles. The zero-order valence-electron chi connectivity index (χ0n) is 10.2. The van der Waals surface area contributed by atoms with E-state index in [1.165, 1.54) is 0 Å². The zero-order chi connectivity index (χ0) is 11.5. The average molecular weight is 219 g/mol. The third-order valence-corrected chi connectivity index (χ3v) is 2.31. The zero-order valence-corrected chi connectivity index (χ0v) is 10.2. The highest BCUT2D eigenvalue weighted by Crippen LogP contribution is 2.00. The quantitative estimate of drug-likeness (QED) is 0.588. The largest absolute Gasteiger partial charge is 0.392 e. The van der Waals surface area contributed by atoms with E-state index < -0.39 is 0 Å². The summed E-state index contributed by atoms with van der Waals surface area (Å²) in [5.41, 5.74) is 0. The van der Waals surface area contributed by atoms with Crippen LogP contribution in [0, 0.1) is 0 Å². The molecule has 92 valence electrons. The molecule has 4 heteroatoms. The summed E-state index contributed by atoms with van der Waals surface area (Å²) < 4.78 is 10.1. The van der Waals surface area contributed by atoms with Gasteiger partial charge in [-0.15, -0.1) is 0 Å². The van der Waals surface area contributed by atoms with Crippen LogP contribution in [-0.2, 0) is 9.47 Å². The molecule has 0 bridgehead atoms. The molecule has 0 aromatic carbocycles. The van der Waals surface area contributed by atoms with Gasteiger partial charge in [0.1, 0.15) is 0 Å². The second-order valence-corrected chi connectivity index (χ2v) is 3.73. The maximum absolute atomic E-state index is 9.69. The molecular weight excluding hydrogens is 194 g/mol. The van der Waals surface area contributed by atoms with Crippen molar-refractivity contribution in [3.63, 3.8) is 0 Å². The van der Waals surface area contributed by atoms with E-state index >= 15 is 0 Å². The number of aliphatic hydroxyl groups is 1. The Labute approximate surface area is 93.2 Å². The Balaban J connectivity index is 3.76. The molecule has 0 aliphatic carbocycles. The van der Waals surface area contributed by atoms with Crippen LogP contribution in [0.1, 0.15) is 19.8 Å². The Morgan fingerprint density at radius 1 is 1.13 bits per heavy atom. The molecule has 1 unspecified atom stereocenters.